The summed E-state index contributed by atoms with van der Waals surface area (Å²) >= 11 is 0. The maximum atomic E-state index is 11.1. The van der Waals surface area contributed by atoms with Gasteiger partial charge in [-0.25, -0.2) is 13.2 Å². The first-order chi connectivity index (χ1) is 8.47. The Labute approximate surface area is 109 Å². The number of rotatable bonds is 6. The molecular weight excluding hydrogens is 282 g/mol. The van der Waals surface area contributed by atoms with Crippen molar-refractivity contribution < 1.29 is 22.8 Å². The van der Waals surface area contributed by atoms with Gasteiger partial charge in [0, 0.05) is 10.7 Å². The second-order valence-corrected chi connectivity index (χ2v) is 6.15. The molecule has 100 valence electrons. The van der Waals surface area contributed by atoms with Crippen LogP contribution in [0.25, 0.3) is 0 Å². The standard InChI is InChI=1S/C10H12ClNO5S/c11-18(14,15)7-6-17-12-10(13)16-8-9-4-2-1-3-5-9/h1-5H,6-8H2,(H,12,13). The zero-order valence-corrected chi connectivity index (χ0v) is 10.9. The Bertz CT molecular complexity index is 476. The molecule has 0 unspecified atom stereocenters. The molecule has 0 aliphatic rings. The highest BCUT2D eigenvalue weighted by Gasteiger charge is 2.06. The molecule has 0 spiro atoms. The molecule has 1 aromatic rings. The molecule has 0 saturated carbocycles. The number of halogens is 1. The molecule has 0 aliphatic carbocycles. The molecule has 0 radical (unpaired) electrons. The second-order valence-electron chi connectivity index (χ2n) is 3.26. The van der Waals surface area contributed by atoms with E-state index in [1.807, 2.05) is 23.7 Å². The number of amides is 1. The molecule has 0 fully saturated rings. The summed E-state index contributed by atoms with van der Waals surface area (Å²) in [6, 6.07) is 9.08. The third-order valence-electron chi connectivity index (χ3n) is 1.80. The van der Waals surface area contributed by atoms with Crippen molar-refractivity contribution in [3.05, 3.63) is 35.9 Å². The third-order valence-corrected chi connectivity index (χ3v) is 2.91. The molecule has 1 amide bonds. The molecular formula is C10H12ClNO5S. The molecule has 0 saturated heterocycles. The molecule has 1 rings (SSSR count). The first-order valence-electron chi connectivity index (χ1n) is 4.98. The lowest BCUT2D eigenvalue weighted by molar-refractivity contribution is 0.0325. The summed E-state index contributed by atoms with van der Waals surface area (Å²) in [6.45, 7) is -0.143. The predicted molar refractivity (Wildman–Crippen MR) is 65.4 cm³/mol. The number of ether oxygens (including phenoxy) is 1. The van der Waals surface area contributed by atoms with Gasteiger partial charge in [-0.05, 0) is 5.56 Å². The zero-order valence-electron chi connectivity index (χ0n) is 9.34. The largest absolute Gasteiger partial charge is 0.443 e. The van der Waals surface area contributed by atoms with Crippen LogP contribution in [0.2, 0.25) is 0 Å². The molecule has 0 aliphatic heterocycles. The van der Waals surface area contributed by atoms with Crippen molar-refractivity contribution in [2.45, 2.75) is 6.61 Å². The van der Waals surface area contributed by atoms with E-state index in [2.05, 4.69) is 4.84 Å². The van der Waals surface area contributed by atoms with Crippen molar-refractivity contribution >= 4 is 25.8 Å². The molecule has 18 heavy (non-hydrogen) atoms. The molecule has 1 aromatic carbocycles. The van der Waals surface area contributed by atoms with Crippen LogP contribution in [-0.4, -0.2) is 26.9 Å². The smallest absolute Gasteiger partial charge is 0.431 e. The lowest BCUT2D eigenvalue weighted by Crippen LogP contribution is -2.26. The van der Waals surface area contributed by atoms with Gasteiger partial charge in [-0.3, -0.25) is 4.84 Å². The van der Waals surface area contributed by atoms with Crippen molar-refractivity contribution in [1.29, 1.82) is 0 Å². The summed E-state index contributed by atoms with van der Waals surface area (Å²) in [5.41, 5.74) is 2.77. The number of carbonyl (C=O) groups excluding carboxylic acids is 1. The summed E-state index contributed by atoms with van der Waals surface area (Å²) in [7, 11) is 1.32. The predicted octanol–water partition coefficient (Wildman–Crippen LogP) is 1.41. The quantitative estimate of drug-likeness (QED) is 0.487. The highest BCUT2D eigenvalue weighted by atomic mass is 35.7. The number of hydrogen-bond donors (Lipinski definition) is 1. The Morgan fingerprint density at radius 2 is 1.94 bits per heavy atom. The summed E-state index contributed by atoms with van der Waals surface area (Å²) in [4.78, 5) is 15.7. The topological polar surface area (TPSA) is 81.7 Å². The maximum absolute atomic E-state index is 11.1. The highest BCUT2D eigenvalue weighted by molar-refractivity contribution is 8.13. The van der Waals surface area contributed by atoms with E-state index in [0.29, 0.717) is 0 Å². The maximum Gasteiger partial charge on any atom is 0.431 e. The molecule has 0 atom stereocenters. The molecule has 0 aromatic heterocycles. The minimum atomic E-state index is -3.62. The number of nitrogens with one attached hydrogen (secondary N) is 1. The molecule has 1 N–H and O–H groups in total. The summed E-state index contributed by atoms with van der Waals surface area (Å²) in [6.07, 6.45) is -0.800. The Hall–Kier alpha value is -1.31. The zero-order chi connectivity index (χ0) is 13.4. The van der Waals surface area contributed by atoms with Crippen LogP contribution in [0.3, 0.4) is 0 Å². The van der Waals surface area contributed by atoms with Crippen molar-refractivity contribution in [2.24, 2.45) is 0 Å². The first-order valence-corrected chi connectivity index (χ1v) is 7.46. The van der Waals surface area contributed by atoms with E-state index in [1.165, 1.54) is 0 Å². The SMILES string of the molecule is O=C(NOCCS(=O)(=O)Cl)OCc1ccccc1. The van der Waals surface area contributed by atoms with Crippen LogP contribution in [0.1, 0.15) is 5.56 Å². The average molecular weight is 294 g/mol. The number of carbonyl (C=O) groups is 1. The van der Waals surface area contributed by atoms with Crippen LogP contribution in [-0.2, 0) is 25.2 Å². The van der Waals surface area contributed by atoms with Gasteiger partial charge in [-0.2, -0.15) is 5.48 Å². The monoisotopic (exact) mass is 293 g/mol. The number of hydroxylamine groups is 1. The Kier molecular flexibility index (Phi) is 5.90. The van der Waals surface area contributed by atoms with Crippen molar-refractivity contribution in [3.8, 4) is 0 Å². The van der Waals surface area contributed by atoms with E-state index in [1.54, 1.807) is 12.1 Å². The fraction of sp³-hybridized carbons (Fsp3) is 0.300. The summed E-state index contributed by atoms with van der Waals surface area (Å²) in [5, 5.41) is 0. The fourth-order valence-electron chi connectivity index (χ4n) is 1.00. The van der Waals surface area contributed by atoms with Gasteiger partial charge in [0.1, 0.15) is 6.61 Å². The lowest BCUT2D eigenvalue weighted by atomic mass is 10.2. The van der Waals surface area contributed by atoms with Crippen molar-refractivity contribution in [2.75, 3.05) is 12.4 Å². The molecule has 0 bridgehead atoms. The van der Waals surface area contributed by atoms with E-state index in [4.69, 9.17) is 15.4 Å². The minimum absolute atomic E-state index is 0.101. The van der Waals surface area contributed by atoms with Crippen LogP contribution in [0.5, 0.6) is 0 Å². The Balaban J connectivity index is 2.15. The fourth-order valence-corrected chi connectivity index (χ4v) is 1.48. The van der Waals surface area contributed by atoms with Crippen LogP contribution < -0.4 is 5.48 Å². The van der Waals surface area contributed by atoms with Crippen LogP contribution in [0, 0.1) is 0 Å². The van der Waals surface area contributed by atoms with Crippen LogP contribution in [0.4, 0.5) is 4.79 Å². The van der Waals surface area contributed by atoms with E-state index >= 15 is 0 Å². The van der Waals surface area contributed by atoms with Gasteiger partial charge < -0.3 is 4.74 Å². The third kappa shape index (κ3) is 7.10. The highest BCUT2D eigenvalue weighted by Crippen LogP contribution is 2.00. The van der Waals surface area contributed by atoms with Gasteiger partial charge in [0.2, 0.25) is 9.05 Å². The summed E-state index contributed by atoms with van der Waals surface area (Å²) < 4.78 is 25.9. The van der Waals surface area contributed by atoms with Gasteiger partial charge in [-0.1, -0.05) is 30.3 Å². The summed E-state index contributed by atoms with van der Waals surface area (Å²) in [5.74, 6) is -0.395. The van der Waals surface area contributed by atoms with Gasteiger partial charge in [0.05, 0.1) is 12.4 Å². The minimum Gasteiger partial charge on any atom is -0.443 e. The van der Waals surface area contributed by atoms with Crippen molar-refractivity contribution in [3.63, 3.8) is 0 Å². The van der Waals surface area contributed by atoms with Crippen LogP contribution >= 0.6 is 10.7 Å². The number of hydrogen-bond acceptors (Lipinski definition) is 5. The first kappa shape index (κ1) is 14.7. The van der Waals surface area contributed by atoms with E-state index in [9.17, 15) is 13.2 Å². The Morgan fingerprint density at radius 1 is 1.28 bits per heavy atom. The normalized spacial score (nSPS) is 10.9. The lowest BCUT2D eigenvalue weighted by Gasteiger charge is -2.06. The van der Waals surface area contributed by atoms with Gasteiger partial charge in [0.15, 0.2) is 0 Å². The molecule has 0 heterocycles. The van der Waals surface area contributed by atoms with E-state index < -0.39 is 20.9 Å². The molecule has 6 nitrogen and oxygen atoms in total. The van der Waals surface area contributed by atoms with Crippen molar-refractivity contribution in [1.82, 2.24) is 5.48 Å². The number of benzene rings is 1. The Morgan fingerprint density at radius 3 is 2.56 bits per heavy atom. The molecule has 8 heteroatoms. The van der Waals surface area contributed by atoms with Gasteiger partial charge in [0.25, 0.3) is 0 Å². The van der Waals surface area contributed by atoms with Gasteiger partial charge in [-0.15, -0.1) is 0 Å². The van der Waals surface area contributed by atoms with E-state index in [-0.39, 0.29) is 13.2 Å². The second kappa shape index (κ2) is 7.20. The van der Waals surface area contributed by atoms with Gasteiger partial charge >= 0.3 is 6.09 Å². The van der Waals surface area contributed by atoms with Crippen LogP contribution in [0.15, 0.2) is 30.3 Å². The average Bonchev–Trinajstić information content (AvgIpc) is 2.32. The van der Waals surface area contributed by atoms with E-state index in [0.717, 1.165) is 5.56 Å².